The van der Waals surface area contributed by atoms with Crippen LogP contribution in [0.4, 0.5) is 0 Å². The van der Waals surface area contributed by atoms with E-state index in [1.165, 1.54) is 7.11 Å². The Bertz CT molecular complexity index is 798. The summed E-state index contributed by atoms with van der Waals surface area (Å²) < 4.78 is 9.95. The topological polar surface area (TPSA) is 93.7 Å². The molecule has 7 nitrogen and oxygen atoms in total. The van der Waals surface area contributed by atoms with Gasteiger partial charge in [-0.25, -0.2) is 4.79 Å². The van der Waals surface area contributed by atoms with Crippen molar-refractivity contribution in [1.29, 1.82) is 0 Å². The van der Waals surface area contributed by atoms with Crippen molar-refractivity contribution in [2.45, 2.75) is 19.8 Å². The number of benzene rings is 2. The predicted octanol–water partition coefficient (Wildman–Crippen LogP) is 2.44. The zero-order valence-electron chi connectivity index (χ0n) is 15.4. The van der Waals surface area contributed by atoms with Crippen LogP contribution in [0.3, 0.4) is 0 Å². The molecule has 0 aliphatic carbocycles. The van der Waals surface area contributed by atoms with E-state index in [9.17, 15) is 14.4 Å². The second kappa shape index (κ2) is 9.38. The van der Waals surface area contributed by atoms with Crippen molar-refractivity contribution in [3.63, 3.8) is 0 Å². The molecular weight excluding hydrogens is 348 g/mol. The summed E-state index contributed by atoms with van der Waals surface area (Å²) in [5.74, 6) is -0.786. The quantitative estimate of drug-likeness (QED) is 0.602. The van der Waals surface area contributed by atoms with Crippen LogP contribution in [-0.2, 0) is 9.53 Å². The number of methoxy groups -OCH3 is 1. The van der Waals surface area contributed by atoms with Gasteiger partial charge >= 0.3 is 5.97 Å². The van der Waals surface area contributed by atoms with E-state index < -0.39 is 24.4 Å². The minimum Gasteiger partial charge on any atom is -0.497 e. The summed E-state index contributed by atoms with van der Waals surface area (Å²) in [5.41, 5.74) is 6.25. The Labute approximate surface area is 157 Å². The smallest absolute Gasteiger partial charge is 0.338 e. The molecule has 0 spiro atoms. The highest BCUT2D eigenvalue weighted by molar-refractivity contribution is 5.96. The van der Waals surface area contributed by atoms with Crippen molar-refractivity contribution in [3.8, 4) is 5.75 Å². The summed E-state index contributed by atoms with van der Waals surface area (Å²) in [7, 11) is 1.52. The maximum atomic E-state index is 11.9. The Hall–Kier alpha value is -3.35. The standard InChI is InChI=1S/C20H22N2O5/c1-13(2)14-4-6-16(7-5-14)20(25)27-12-18(23)21-22-19(24)15-8-10-17(26-3)11-9-15/h4-11,13H,12H2,1-3H3,(H,21,23)(H,22,24). The summed E-state index contributed by atoms with van der Waals surface area (Å²) >= 11 is 0. The van der Waals surface area contributed by atoms with Crippen LogP contribution in [0.1, 0.15) is 46.0 Å². The molecule has 2 amide bonds. The Kier molecular flexibility index (Phi) is 6.93. The van der Waals surface area contributed by atoms with Gasteiger partial charge in [0.15, 0.2) is 6.61 Å². The fraction of sp³-hybridized carbons (Fsp3) is 0.250. The van der Waals surface area contributed by atoms with E-state index in [1.807, 2.05) is 12.1 Å². The highest BCUT2D eigenvalue weighted by atomic mass is 16.5. The number of hydrazine groups is 1. The first-order valence-corrected chi connectivity index (χ1v) is 8.41. The van der Waals surface area contributed by atoms with Gasteiger partial charge in [0.1, 0.15) is 5.75 Å². The summed E-state index contributed by atoms with van der Waals surface area (Å²) in [6.07, 6.45) is 0. The molecule has 0 aromatic heterocycles. The number of esters is 1. The molecule has 0 fully saturated rings. The van der Waals surface area contributed by atoms with E-state index in [1.54, 1.807) is 36.4 Å². The van der Waals surface area contributed by atoms with Crippen molar-refractivity contribution < 1.29 is 23.9 Å². The van der Waals surface area contributed by atoms with Crippen LogP contribution in [0.5, 0.6) is 5.75 Å². The van der Waals surface area contributed by atoms with E-state index in [-0.39, 0.29) is 0 Å². The Morgan fingerprint density at radius 3 is 2.04 bits per heavy atom. The predicted molar refractivity (Wildman–Crippen MR) is 99.4 cm³/mol. The second-order valence-corrected chi connectivity index (χ2v) is 6.08. The molecule has 142 valence electrons. The number of ether oxygens (including phenoxy) is 2. The van der Waals surface area contributed by atoms with Crippen LogP contribution in [0.2, 0.25) is 0 Å². The summed E-state index contributed by atoms with van der Waals surface area (Å²) in [5, 5.41) is 0. The summed E-state index contributed by atoms with van der Waals surface area (Å²) in [4.78, 5) is 35.6. The van der Waals surface area contributed by atoms with Gasteiger partial charge in [-0.2, -0.15) is 0 Å². The lowest BCUT2D eigenvalue weighted by molar-refractivity contribution is -0.125. The monoisotopic (exact) mass is 370 g/mol. The molecule has 2 N–H and O–H groups in total. The molecule has 0 heterocycles. The number of rotatable bonds is 6. The Balaban J connectivity index is 1.78. The molecule has 7 heteroatoms. The first-order valence-electron chi connectivity index (χ1n) is 8.41. The van der Waals surface area contributed by atoms with Crippen LogP contribution in [0, 0.1) is 0 Å². The number of carbonyl (C=O) groups excluding carboxylic acids is 3. The Morgan fingerprint density at radius 2 is 1.48 bits per heavy atom. The van der Waals surface area contributed by atoms with Crippen LogP contribution in [0.25, 0.3) is 0 Å². The van der Waals surface area contributed by atoms with Crippen LogP contribution >= 0.6 is 0 Å². The van der Waals surface area contributed by atoms with Gasteiger partial charge in [0.05, 0.1) is 12.7 Å². The van der Waals surface area contributed by atoms with Crippen LogP contribution < -0.4 is 15.6 Å². The van der Waals surface area contributed by atoms with Crippen molar-refractivity contribution in [1.82, 2.24) is 10.9 Å². The molecule has 0 atom stereocenters. The normalized spacial score (nSPS) is 10.2. The maximum absolute atomic E-state index is 11.9. The third-order valence-electron chi connectivity index (χ3n) is 3.82. The van der Waals surface area contributed by atoms with E-state index in [2.05, 4.69) is 24.7 Å². The van der Waals surface area contributed by atoms with Crippen molar-refractivity contribution >= 4 is 17.8 Å². The van der Waals surface area contributed by atoms with Gasteiger partial charge in [-0.15, -0.1) is 0 Å². The van der Waals surface area contributed by atoms with Crippen molar-refractivity contribution in [2.24, 2.45) is 0 Å². The molecule has 2 aromatic carbocycles. The number of amides is 2. The van der Waals surface area contributed by atoms with E-state index in [0.29, 0.717) is 22.8 Å². The van der Waals surface area contributed by atoms with E-state index >= 15 is 0 Å². The minimum atomic E-state index is -0.649. The molecule has 27 heavy (non-hydrogen) atoms. The fourth-order valence-electron chi connectivity index (χ4n) is 2.20. The molecule has 2 rings (SSSR count). The number of carbonyl (C=O) groups is 3. The third-order valence-corrected chi connectivity index (χ3v) is 3.82. The van der Waals surface area contributed by atoms with Crippen LogP contribution in [0.15, 0.2) is 48.5 Å². The number of hydrogen-bond acceptors (Lipinski definition) is 5. The third kappa shape index (κ3) is 5.85. The van der Waals surface area contributed by atoms with Gasteiger partial charge in [0.2, 0.25) is 0 Å². The first kappa shape index (κ1) is 20.0. The van der Waals surface area contributed by atoms with Crippen molar-refractivity contribution in [2.75, 3.05) is 13.7 Å². The molecule has 0 unspecified atom stereocenters. The summed E-state index contributed by atoms with van der Waals surface area (Å²) in [6.45, 7) is 3.60. The molecular formula is C20H22N2O5. The van der Waals surface area contributed by atoms with Crippen LogP contribution in [-0.4, -0.2) is 31.5 Å². The van der Waals surface area contributed by atoms with E-state index in [4.69, 9.17) is 9.47 Å². The van der Waals surface area contributed by atoms with Gasteiger partial charge in [-0.3, -0.25) is 20.4 Å². The fourth-order valence-corrected chi connectivity index (χ4v) is 2.20. The molecule has 0 saturated heterocycles. The highest BCUT2D eigenvalue weighted by Crippen LogP contribution is 2.15. The zero-order valence-corrected chi connectivity index (χ0v) is 15.4. The van der Waals surface area contributed by atoms with Gasteiger partial charge in [-0.05, 0) is 47.9 Å². The molecule has 0 aliphatic heterocycles. The average Bonchev–Trinajstić information content (AvgIpc) is 2.70. The van der Waals surface area contributed by atoms with E-state index in [0.717, 1.165) is 5.56 Å². The average molecular weight is 370 g/mol. The lowest BCUT2D eigenvalue weighted by Gasteiger charge is -2.09. The lowest BCUT2D eigenvalue weighted by atomic mass is 10.0. The molecule has 0 aliphatic rings. The Morgan fingerprint density at radius 1 is 0.889 bits per heavy atom. The van der Waals surface area contributed by atoms with Gasteiger partial charge in [-0.1, -0.05) is 26.0 Å². The second-order valence-electron chi connectivity index (χ2n) is 6.08. The molecule has 0 radical (unpaired) electrons. The first-order chi connectivity index (χ1) is 12.9. The summed E-state index contributed by atoms with van der Waals surface area (Å²) in [6, 6.07) is 13.4. The zero-order chi connectivity index (χ0) is 19.8. The molecule has 0 saturated carbocycles. The largest absolute Gasteiger partial charge is 0.497 e. The number of nitrogens with one attached hydrogen (secondary N) is 2. The maximum Gasteiger partial charge on any atom is 0.338 e. The van der Waals surface area contributed by atoms with Crippen molar-refractivity contribution in [3.05, 3.63) is 65.2 Å². The van der Waals surface area contributed by atoms with Gasteiger partial charge in [0.25, 0.3) is 11.8 Å². The molecule has 2 aromatic rings. The lowest BCUT2D eigenvalue weighted by Crippen LogP contribution is -2.43. The SMILES string of the molecule is COc1ccc(C(=O)NNC(=O)COC(=O)c2ccc(C(C)C)cc2)cc1. The minimum absolute atomic E-state index is 0.346. The van der Waals surface area contributed by atoms with Gasteiger partial charge < -0.3 is 9.47 Å². The highest BCUT2D eigenvalue weighted by Gasteiger charge is 2.12. The molecule has 0 bridgehead atoms. The number of hydrogen-bond donors (Lipinski definition) is 2. The van der Waals surface area contributed by atoms with Gasteiger partial charge in [0, 0.05) is 5.56 Å².